The monoisotopic (exact) mass is 296 g/mol. The minimum absolute atomic E-state index is 0.106. The number of rotatable bonds is 3. The molecule has 0 bridgehead atoms. The van der Waals surface area contributed by atoms with Gasteiger partial charge in [0.05, 0.1) is 17.3 Å². The van der Waals surface area contributed by atoms with Gasteiger partial charge in [-0.3, -0.25) is 9.72 Å². The highest BCUT2D eigenvalue weighted by Crippen LogP contribution is 2.14. The molecule has 0 aliphatic heterocycles. The standard InChI is InChI=1S/C15H12N4O3/c20-14(21)10-3-1-4-11(7-10)17-15(22)18-13-6-2-5-12-8-16-9-19(12)13/h1-9H,(H,20,21)(H2,17,18,22). The SMILES string of the molecule is O=C(Nc1cccc(C(=O)O)c1)Nc1cccc2cncn12. The number of urea groups is 1. The van der Waals surface area contributed by atoms with Crippen LogP contribution in [0.3, 0.4) is 0 Å². The number of hydrogen-bond donors (Lipinski definition) is 3. The third-order valence-electron chi connectivity index (χ3n) is 3.06. The Kier molecular flexibility index (Phi) is 3.45. The summed E-state index contributed by atoms with van der Waals surface area (Å²) in [5.74, 6) is -0.492. The van der Waals surface area contributed by atoms with Crippen molar-refractivity contribution in [3.8, 4) is 0 Å². The number of amides is 2. The number of imidazole rings is 1. The number of aromatic carboxylic acids is 1. The van der Waals surface area contributed by atoms with Gasteiger partial charge in [0.2, 0.25) is 0 Å². The van der Waals surface area contributed by atoms with E-state index in [1.807, 2.05) is 6.07 Å². The van der Waals surface area contributed by atoms with Crippen molar-refractivity contribution in [3.05, 3.63) is 60.6 Å². The second-order valence-corrected chi connectivity index (χ2v) is 4.56. The molecule has 0 radical (unpaired) electrons. The third kappa shape index (κ3) is 2.73. The maximum atomic E-state index is 12.0. The average molecular weight is 296 g/mol. The number of aromatic nitrogens is 2. The summed E-state index contributed by atoms with van der Waals surface area (Å²) in [6, 6.07) is 11.0. The van der Waals surface area contributed by atoms with Crippen LogP contribution in [0.1, 0.15) is 10.4 Å². The van der Waals surface area contributed by atoms with Gasteiger partial charge in [-0.15, -0.1) is 0 Å². The molecule has 0 spiro atoms. The van der Waals surface area contributed by atoms with E-state index in [2.05, 4.69) is 15.6 Å². The Balaban J connectivity index is 1.76. The molecule has 7 heteroatoms. The molecular weight excluding hydrogens is 284 g/mol. The van der Waals surface area contributed by atoms with Crippen molar-refractivity contribution in [1.82, 2.24) is 9.38 Å². The first-order chi connectivity index (χ1) is 10.6. The highest BCUT2D eigenvalue weighted by atomic mass is 16.4. The Morgan fingerprint density at radius 1 is 1.09 bits per heavy atom. The summed E-state index contributed by atoms with van der Waals surface area (Å²) in [6.45, 7) is 0. The van der Waals surface area contributed by atoms with Gasteiger partial charge in [-0.1, -0.05) is 12.1 Å². The number of hydrogen-bond acceptors (Lipinski definition) is 3. The second-order valence-electron chi connectivity index (χ2n) is 4.56. The molecule has 2 heterocycles. The number of carboxylic acids is 1. The van der Waals surface area contributed by atoms with Crippen LogP contribution in [0.25, 0.3) is 5.52 Å². The fourth-order valence-electron chi connectivity index (χ4n) is 2.06. The highest BCUT2D eigenvalue weighted by Gasteiger charge is 2.08. The Labute approximate surface area is 125 Å². The number of carboxylic acid groups (broad SMARTS) is 1. The van der Waals surface area contributed by atoms with Gasteiger partial charge < -0.3 is 10.4 Å². The first-order valence-corrected chi connectivity index (χ1v) is 6.46. The van der Waals surface area contributed by atoms with E-state index in [9.17, 15) is 9.59 Å². The number of benzene rings is 1. The van der Waals surface area contributed by atoms with Crippen molar-refractivity contribution in [1.29, 1.82) is 0 Å². The molecule has 0 saturated heterocycles. The van der Waals surface area contributed by atoms with Crippen LogP contribution in [0, 0.1) is 0 Å². The first kappa shape index (κ1) is 13.6. The van der Waals surface area contributed by atoms with E-state index in [0.29, 0.717) is 11.5 Å². The summed E-state index contributed by atoms with van der Waals surface area (Å²) in [5.41, 5.74) is 1.36. The van der Waals surface area contributed by atoms with Gasteiger partial charge in [0, 0.05) is 5.69 Å². The predicted octanol–water partition coefficient (Wildman–Crippen LogP) is 2.68. The number of carbonyl (C=O) groups is 2. The van der Waals surface area contributed by atoms with Crippen LogP contribution in [-0.2, 0) is 0 Å². The van der Waals surface area contributed by atoms with Gasteiger partial charge in [0.15, 0.2) is 0 Å². The average Bonchev–Trinajstić information content (AvgIpc) is 2.97. The normalized spacial score (nSPS) is 10.4. The minimum atomic E-state index is -1.05. The zero-order valence-electron chi connectivity index (χ0n) is 11.4. The van der Waals surface area contributed by atoms with Crippen molar-refractivity contribution >= 4 is 29.0 Å². The lowest BCUT2D eigenvalue weighted by molar-refractivity contribution is 0.0697. The molecule has 110 valence electrons. The predicted molar refractivity (Wildman–Crippen MR) is 81.2 cm³/mol. The summed E-state index contributed by atoms with van der Waals surface area (Å²) < 4.78 is 1.73. The van der Waals surface area contributed by atoms with Gasteiger partial charge >= 0.3 is 12.0 Å². The van der Waals surface area contributed by atoms with Crippen LogP contribution in [0.2, 0.25) is 0 Å². The molecule has 0 saturated carbocycles. The zero-order valence-corrected chi connectivity index (χ0v) is 11.4. The minimum Gasteiger partial charge on any atom is -0.478 e. The third-order valence-corrected chi connectivity index (χ3v) is 3.06. The molecule has 7 nitrogen and oxygen atoms in total. The molecule has 0 unspecified atom stereocenters. The Morgan fingerprint density at radius 2 is 1.91 bits per heavy atom. The first-order valence-electron chi connectivity index (χ1n) is 6.46. The van der Waals surface area contributed by atoms with Crippen molar-refractivity contribution < 1.29 is 14.7 Å². The fourth-order valence-corrected chi connectivity index (χ4v) is 2.06. The summed E-state index contributed by atoms with van der Waals surface area (Å²) >= 11 is 0. The molecule has 0 aliphatic carbocycles. The topological polar surface area (TPSA) is 95.7 Å². The van der Waals surface area contributed by atoms with E-state index in [1.54, 1.807) is 41.2 Å². The van der Waals surface area contributed by atoms with E-state index in [-0.39, 0.29) is 5.56 Å². The molecule has 3 aromatic rings. The maximum Gasteiger partial charge on any atom is 0.335 e. The van der Waals surface area contributed by atoms with Gasteiger partial charge in [0.1, 0.15) is 12.1 Å². The van der Waals surface area contributed by atoms with E-state index in [1.165, 1.54) is 12.1 Å². The lowest BCUT2D eigenvalue weighted by Gasteiger charge is -2.09. The van der Waals surface area contributed by atoms with E-state index in [4.69, 9.17) is 5.11 Å². The molecule has 3 rings (SSSR count). The number of carbonyl (C=O) groups excluding carboxylic acids is 1. The van der Waals surface area contributed by atoms with Gasteiger partial charge in [-0.25, -0.2) is 14.6 Å². The molecule has 1 aromatic carbocycles. The van der Waals surface area contributed by atoms with Crippen LogP contribution in [0.15, 0.2) is 55.0 Å². The van der Waals surface area contributed by atoms with Crippen LogP contribution < -0.4 is 10.6 Å². The largest absolute Gasteiger partial charge is 0.478 e. The maximum absolute atomic E-state index is 12.0. The molecule has 3 N–H and O–H groups in total. The van der Waals surface area contributed by atoms with Gasteiger partial charge in [-0.2, -0.15) is 0 Å². The van der Waals surface area contributed by atoms with Gasteiger partial charge in [0.25, 0.3) is 0 Å². The van der Waals surface area contributed by atoms with E-state index < -0.39 is 12.0 Å². The second kappa shape index (κ2) is 5.57. The molecule has 0 atom stereocenters. The number of fused-ring (bicyclic) bond motifs is 1. The lowest BCUT2D eigenvalue weighted by atomic mass is 10.2. The Hall–Kier alpha value is -3.35. The number of nitrogens with one attached hydrogen (secondary N) is 2. The molecule has 2 amide bonds. The van der Waals surface area contributed by atoms with Crippen LogP contribution in [-0.4, -0.2) is 26.5 Å². The fraction of sp³-hybridized carbons (Fsp3) is 0. The molecule has 0 fully saturated rings. The van der Waals surface area contributed by atoms with Crippen LogP contribution >= 0.6 is 0 Å². The van der Waals surface area contributed by atoms with Crippen molar-refractivity contribution in [2.24, 2.45) is 0 Å². The van der Waals surface area contributed by atoms with Crippen LogP contribution in [0.4, 0.5) is 16.3 Å². The molecule has 22 heavy (non-hydrogen) atoms. The molecular formula is C15H12N4O3. The van der Waals surface area contributed by atoms with Crippen molar-refractivity contribution in [2.75, 3.05) is 10.6 Å². The summed E-state index contributed by atoms with van der Waals surface area (Å²) in [7, 11) is 0. The van der Waals surface area contributed by atoms with Crippen LogP contribution in [0.5, 0.6) is 0 Å². The number of pyridine rings is 1. The molecule has 2 aromatic heterocycles. The van der Waals surface area contributed by atoms with Crippen molar-refractivity contribution in [3.63, 3.8) is 0 Å². The molecule has 0 aliphatic rings. The number of anilines is 2. The van der Waals surface area contributed by atoms with E-state index in [0.717, 1.165) is 5.52 Å². The zero-order chi connectivity index (χ0) is 15.5. The number of nitrogens with zero attached hydrogens (tertiary/aromatic N) is 2. The van der Waals surface area contributed by atoms with E-state index >= 15 is 0 Å². The smallest absolute Gasteiger partial charge is 0.335 e. The Bertz CT molecular complexity index is 857. The summed E-state index contributed by atoms with van der Waals surface area (Å²) in [4.78, 5) is 26.9. The van der Waals surface area contributed by atoms with Crippen molar-refractivity contribution in [2.45, 2.75) is 0 Å². The quantitative estimate of drug-likeness (QED) is 0.692. The van der Waals surface area contributed by atoms with Gasteiger partial charge in [-0.05, 0) is 30.3 Å². The Morgan fingerprint density at radius 3 is 2.73 bits per heavy atom. The highest BCUT2D eigenvalue weighted by molar-refractivity contribution is 6.00. The lowest BCUT2D eigenvalue weighted by Crippen LogP contribution is -2.21. The summed E-state index contributed by atoms with van der Waals surface area (Å²) in [5, 5.41) is 14.2. The summed E-state index contributed by atoms with van der Waals surface area (Å²) in [6.07, 6.45) is 3.27.